The number of rotatable bonds is 5. The number of Topliss-reactive ketones (excluding diaryl/α,β-unsaturated/α-hetero) is 1. The second-order valence-corrected chi connectivity index (χ2v) is 9.92. The molecule has 5 fully saturated rings. The SMILES string of the molecule is CN1CC2CCC1CN2C(=O)c1nn(C(=O)C2CC2)c2ccc(CC(=O)C3CC3)cc12. The summed E-state index contributed by atoms with van der Waals surface area (Å²) >= 11 is 0. The number of fused-ring (bicyclic) bond motifs is 4. The third kappa shape index (κ3) is 3.30. The van der Waals surface area contributed by atoms with Gasteiger partial charge in [-0.1, -0.05) is 6.07 Å². The van der Waals surface area contributed by atoms with Gasteiger partial charge in [-0.2, -0.15) is 9.78 Å². The molecule has 0 spiro atoms. The van der Waals surface area contributed by atoms with Crippen LogP contribution in [0, 0.1) is 11.8 Å². The molecular weight excluding hydrogens is 392 g/mol. The molecular formula is C24H28N4O3. The van der Waals surface area contributed by atoms with Gasteiger partial charge in [0.2, 0.25) is 0 Å². The Labute approximate surface area is 181 Å². The van der Waals surface area contributed by atoms with Crippen molar-refractivity contribution < 1.29 is 14.4 Å². The van der Waals surface area contributed by atoms with E-state index in [1.807, 2.05) is 23.1 Å². The van der Waals surface area contributed by atoms with Crippen molar-refractivity contribution in [3.63, 3.8) is 0 Å². The molecule has 0 radical (unpaired) electrons. The first-order valence-corrected chi connectivity index (χ1v) is 11.6. The number of piperazine rings is 1. The highest BCUT2D eigenvalue weighted by Gasteiger charge is 2.41. The van der Waals surface area contributed by atoms with Crippen molar-refractivity contribution in [2.75, 3.05) is 20.1 Å². The van der Waals surface area contributed by atoms with Crippen LogP contribution in [-0.2, 0) is 11.2 Å². The molecule has 2 saturated carbocycles. The summed E-state index contributed by atoms with van der Waals surface area (Å²) in [4.78, 5) is 43.2. The van der Waals surface area contributed by atoms with Gasteiger partial charge in [-0.05, 0) is 63.3 Å². The lowest BCUT2D eigenvalue weighted by Gasteiger charge is -2.50. The molecule has 1 aromatic carbocycles. The maximum absolute atomic E-state index is 13.6. The zero-order valence-electron chi connectivity index (χ0n) is 17.9. The first-order valence-electron chi connectivity index (χ1n) is 11.6. The fraction of sp³-hybridized carbons (Fsp3) is 0.583. The van der Waals surface area contributed by atoms with Crippen LogP contribution >= 0.6 is 0 Å². The van der Waals surface area contributed by atoms with Crippen LogP contribution in [0.4, 0.5) is 0 Å². The minimum atomic E-state index is -0.0826. The van der Waals surface area contributed by atoms with E-state index in [-0.39, 0.29) is 35.5 Å². The summed E-state index contributed by atoms with van der Waals surface area (Å²) in [6.07, 6.45) is 6.28. The van der Waals surface area contributed by atoms with Crippen LogP contribution in [-0.4, -0.2) is 69.4 Å². The summed E-state index contributed by atoms with van der Waals surface area (Å²) < 4.78 is 1.45. The monoisotopic (exact) mass is 420 g/mol. The van der Waals surface area contributed by atoms with Crippen LogP contribution in [0.15, 0.2) is 18.2 Å². The molecule has 1 amide bonds. The molecule has 3 saturated heterocycles. The Kier molecular flexibility index (Phi) is 4.32. The normalized spacial score (nSPS) is 25.9. The summed E-state index contributed by atoms with van der Waals surface area (Å²) in [5.41, 5.74) is 1.94. The quantitative estimate of drug-likeness (QED) is 0.743. The topological polar surface area (TPSA) is 75.5 Å². The van der Waals surface area contributed by atoms with E-state index in [9.17, 15) is 14.4 Å². The molecule has 7 nitrogen and oxygen atoms in total. The van der Waals surface area contributed by atoms with Crippen molar-refractivity contribution in [3.05, 3.63) is 29.5 Å². The van der Waals surface area contributed by atoms with E-state index in [1.165, 1.54) is 4.68 Å². The van der Waals surface area contributed by atoms with Gasteiger partial charge in [0.05, 0.1) is 5.52 Å². The van der Waals surface area contributed by atoms with Gasteiger partial charge >= 0.3 is 0 Å². The number of ketones is 1. The van der Waals surface area contributed by atoms with E-state index in [0.29, 0.717) is 35.6 Å². The van der Waals surface area contributed by atoms with E-state index in [4.69, 9.17) is 0 Å². The molecule has 162 valence electrons. The highest BCUT2D eigenvalue weighted by Crippen LogP contribution is 2.35. The molecule has 1 aromatic heterocycles. The number of likely N-dealkylation sites (N-methyl/N-ethyl adjacent to an activating group) is 1. The maximum Gasteiger partial charge on any atom is 0.275 e. The minimum absolute atomic E-state index is 0.0156. The molecule has 5 aliphatic rings. The molecule has 0 N–H and O–H groups in total. The van der Waals surface area contributed by atoms with Gasteiger partial charge in [0.25, 0.3) is 11.8 Å². The summed E-state index contributed by atoms with van der Waals surface area (Å²) in [6, 6.07) is 6.28. The van der Waals surface area contributed by atoms with Gasteiger partial charge in [0, 0.05) is 48.8 Å². The number of nitrogens with zero attached hydrogens (tertiary/aromatic N) is 4. The first kappa shape index (κ1) is 19.2. The zero-order valence-corrected chi connectivity index (χ0v) is 17.9. The molecule has 2 unspecified atom stereocenters. The van der Waals surface area contributed by atoms with Gasteiger partial charge in [0.1, 0.15) is 5.78 Å². The van der Waals surface area contributed by atoms with Crippen molar-refractivity contribution in [2.45, 2.75) is 57.0 Å². The van der Waals surface area contributed by atoms with Crippen LogP contribution in [0.25, 0.3) is 10.9 Å². The van der Waals surface area contributed by atoms with Gasteiger partial charge in [-0.25, -0.2) is 0 Å². The van der Waals surface area contributed by atoms with E-state index in [1.54, 1.807) is 0 Å². The predicted octanol–water partition coefficient (Wildman–Crippen LogP) is 2.53. The first-order chi connectivity index (χ1) is 15.0. The lowest BCUT2D eigenvalue weighted by atomic mass is 9.91. The summed E-state index contributed by atoms with van der Waals surface area (Å²) in [5.74, 6) is 0.385. The van der Waals surface area contributed by atoms with Gasteiger partial charge < -0.3 is 4.90 Å². The number of aromatic nitrogens is 2. The zero-order chi connectivity index (χ0) is 21.3. The lowest BCUT2D eigenvalue weighted by Crippen LogP contribution is -2.62. The average Bonchev–Trinajstić information content (AvgIpc) is 3.68. The van der Waals surface area contributed by atoms with E-state index in [2.05, 4.69) is 17.0 Å². The van der Waals surface area contributed by atoms with Crippen molar-refractivity contribution in [2.24, 2.45) is 11.8 Å². The van der Waals surface area contributed by atoms with Crippen LogP contribution in [0.3, 0.4) is 0 Å². The Morgan fingerprint density at radius 2 is 1.71 bits per heavy atom. The number of carbonyl (C=O) groups is 3. The summed E-state index contributed by atoms with van der Waals surface area (Å²) in [5, 5.41) is 5.28. The molecule has 4 heterocycles. The number of hydrogen-bond donors (Lipinski definition) is 0. The molecule has 2 atom stereocenters. The Balaban J connectivity index is 1.38. The Bertz CT molecular complexity index is 1100. The van der Waals surface area contributed by atoms with E-state index in [0.717, 1.165) is 50.6 Å². The van der Waals surface area contributed by atoms with Gasteiger partial charge in [-0.3, -0.25) is 19.3 Å². The third-order valence-electron chi connectivity index (χ3n) is 7.56. The predicted molar refractivity (Wildman–Crippen MR) is 115 cm³/mol. The van der Waals surface area contributed by atoms with E-state index >= 15 is 0 Å². The number of piperidine rings is 2. The molecule has 7 rings (SSSR count). The second-order valence-electron chi connectivity index (χ2n) is 9.92. The molecule has 31 heavy (non-hydrogen) atoms. The largest absolute Gasteiger partial charge is 0.331 e. The fourth-order valence-corrected chi connectivity index (χ4v) is 5.28. The van der Waals surface area contributed by atoms with Gasteiger partial charge in [-0.15, -0.1) is 0 Å². The Hall–Kier alpha value is -2.54. The highest BCUT2D eigenvalue weighted by molar-refractivity contribution is 6.08. The lowest BCUT2D eigenvalue weighted by molar-refractivity contribution is -0.119. The Morgan fingerprint density at radius 1 is 0.968 bits per heavy atom. The third-order valence-corrected chi connectivity index (χ3v) is 7.56. The fourth-order valence-electron chi connectivity index (χ4n) is 5.28. The standard InChI is InChI=1S/C24H28N4O3/c1-26-12-18-8-7-17(26)13-27(18)24(31)22-19-10-14(11-21(29)15-3-4-15)2-9-20(19)28(25-22)23(30)16-5-6-16/h2,9-10,15-18H,3-8,11-13H2,1H3. The summed E-state index contributed by atoms with van der Waals surface area (Å²) in [7, 11) is 2.13. The van der Waals surface area contributed by atoms with Crippen LogP contribution in [0.1, 0.15) is 59.4 Å². The van der Waals surface area contributed by atoms with Crippen molar-refractivity contribution in [1.82, 2.24) is 19.6 Å². The number of carbonyl (C=O) groups excluding carboxylic acids is 3. The van der Waals surface area contributed by atoms with Gasteiger partial charge in [0.15, 0.2) is 5.69 Å². The van der Waals surface area contributed by atoms with Crippen molar-refractivity contribution >= 4 is 28.5 Å². The molecule has 2 aliphatic carbocycles. The smallest absolute Gasteiger partial charge is 0.275 e. The molecule has 2 bridgehead atoms. The van der Waals surface area contributed by atoms with Crippen LogP contribution in [0.2, 0.25) is 0 Å². The molecule has 3 aliphatic heterocycles. The molecule has 7 heteroatoms. The maximum atomic E-state index is 13.6. The van der Waals surface area contributed by atoms with Crippen molar-refractivity contribution in [1.29, 1.82) is 0 Å². The van der Waals surface area contributed by atoms with Crippen molar-refractivity contribution in [3.8, 4) is 0 Å². The highest BCUT2D eigenvalue weighted by atomic mass is 16.2. The average molecular weight is 421 g/mol. The number of hydrogen-bond acceptors (Lipinski definition) is 5. The second kappa shape index (κ2) is 6.99. The van der Waals surface area contributed by atoms with Crippen LogP contribution in [0.5, 0.6) is 0 Å². The molecule has 2 aromatic rings. The number of benzene rings is 1. The number of amides is 1. The minimum Gasteiger partial charge on any atom is -0.331 e. The Morgan fingerprint density at radius 3 is 2.35 bits per heavy atom. The van der Waals surface area contributed by atoms with Crippen LogP contribution < -0.4 is 0 Å². The summed E-state index contributed by atoms with van der Waals surface area (Å²) in [6.45, 7) is 1.60. The van der Waals surface area contributed by atoms with E-state index < -0.39 is 0 Å².